The number of aliphatic hydroxyl groups excluding tert-OH is 3. The monoisotopic (exact) mass is 332 g/mol. The topological polar surface area (TPSA) is 87.7 Å². The number of imidazole rings is 1. The Morgan fingerprint density at radius 2 is 1.90 bits per heavy atom. The number of fused-ring (bicyclic) bond motifs is 1. The average Bonchev–Trinajstić information content (AvgIpc) is 2.89. The minimum absolute atomic E-state index is 0.358. The highest BCUT2D eigenvalue weighted by molar-refractivity contribution is 6.42. The third kappa shape index (κ3) is 2.32. The molecule has 0 spiro atoms. The number of nitrogens with zero attached hydrogens (tertiary/aromatic N) is 2. The molecule has 0 saturated carbocycles. The summed E-state index contributed by atoms with van der Waals surface area (Å²) in [7, 11) is 0. The third-order valence-electron chi connectivity index (χ3n) is 3.68. The van der Waals surface area contributed by atoms with Crippen LogP contribution < -0.4 is 0 Å². The predicted molar refractivity (Wildman–Crippen MR) is 77.5 cm³/mol. The minimum Gasteiger partial charge on any atom is -0.394 e. The molecular formula is C13H14Cl2N2O4. The zero-order valence-electron chi connectivity index (χ0n) is 11.1. The van der Waals surface area contributed by atoms with E-state index in [4.69, 9.17) is 27.9 Å². The van der Waals surface area contributed by atoms with Crippen LogP contribution in [-0.4, -0.2) is 49.8 Å². The molecule has 4 atom stereocenters. The van der Waals surface area contributed by atoms with Crippen LogP contribution in [0.25, 0.3) is 11.0 Å². The molecule has 2 aromatic rings. The van der Waals surface area contributed by atoms with E-state index in [0.29, 0.717) is 26.9 Å². The first-order valence-electron chi connectivity index (χ1n) is 6.40. The van der Waals surface area contributed by atoms with Crippen LogP contribution in [0.3, 0.4) is 0 Å². The van der Waals surface area contributed by atoms with E-state index in [1.807, 2.05) is 0 Å². The summed E-state index contributed by atoms with van der Waals surface area (Å²) in [6.45, 7) is 1.36. The van der Waals surface area contributed by atoms with Gasteiger partial charge in [0.25, 0.3) is 0 Å². The number of ether oxygens (including phenoxy) is 1. The molecule has 0 radical (unpaired) electrons. The molecule has 2 heterocycles. The largest absolute Gasteiger partial charge is 0.394 e. The molecule has 8 heteroatoms. The van der Waals surface area contributed by atoms with E-state index in [1.54, 1.807) is 23.6 Å². The Kier molecular flexibility index (Phi) is 3.85. The summed E-state index contributed by atoms with van der Waals surface area (Å²) in [5.74, 6) is 0.582. The average molecular weight is 333 g/mol. The summed E-state index contributed by atoms with van der Waals surface area (Å²) < 4.78 is 7.18. The summed E-state index contributed by atoms with van der Waals surface area (Å²) in [5, 5.41) is 29.9. The lowest BCUT2D eigenvalue weighted by Gasteiger charge is -2.19. The van der Waals surface area contributed by atoms with Crippen molar-refractivity contribution in [2.45, 2.75) is 31.5 Å². The van der Waals surface area contributed by atoms with Crippen LogP contribution in [0.15, 0.2) is 12.1 Å². The van der Waals surface area contributed by atoms with Crippen molar-refractivity contribution in [2.24, 2.45) is 0 Å². The van der Waals surface area contributed by atoms with Gasteiger partial charge in [0.1, 0.15) is 24.1 Å². The highest BCUT2D eigenvalue weighted by Crippen LogP contribution is 2.35. The summed E-state index contributed by atoms with van der Waals surface area (Å²) in [5.41, 5.74) is 1.25. The molecular weight excluding hydrogens is 319 g/mol. The fourth-order valence-corrected chi connectivity index (χ4v) is 2.94. The number of benzene rings is 1. The molecule has 0 bridgehead atoms. The van der Waals surface area contributed by atoms with E-state index in [2.05, 4.69) is 4.98 Å². The maximum Gasteiger partial charge on any atom is 0.164 e. The molecule has 114 valence electrons. The molecule has 1 saturated heterocycles. The van der Waals surface area contributed by atoms with Crippen LogP contribution >= 0.6 is 23.2 Å². The molecule has 1 aromatic carbocycles. The van der Waals surface area contributed by atoms with Gasteiger partial charge in [-0.15, -0.1) is 0 Å². The van der Waals surface area contributed by atoms with Crippen molar-refractivity contribution < 1.29 is 20.1 Å². The van der Waals surface area contributed by atoms with Crippen molar-refractivity contribution >= 4 is 34.2 Å². The van der Waals surface area contributed by atoms with Gasteiger partial charge in [-0.3, -0.25) is 4.57 Å². The number of aryl methyl sites for hydroxylation is 1. The van der Waals surface area contributed by atoms with Gasteiger partial charge >= 0.3 is 0 Å². The van der Waals surface area contributed by atoms with Gasteiger partial charge in [-0.2, -0.15) is 0 Å². The van der Waals surface area contributed by atoms with E-state index in [0.717, 1.165) is 0 Å². The van der Waals surface area contributed by atoms with Crippen molar-refractivity contribution in [3.8, 4) is 0 Å². The summed E-state index contributed by atoms with van der Waals surface area (Å²) in [6, 6.07) is 3.26. The van der Waals surface area contributed by atoms with Gasteiger partial charge in [-0.05, 0) is 19.1 Å². The van der Waals surface area contributed by atoms with Crippen molar-refractivity contribution in [1.82, 2.24) is 9.55 Å². The smallest absolute Gasteiger partial charge is 0.164 e. The number of hydrogen-bond acceptors (Lipinski definition) is 5. The molecule has 3 N–H and O–H groups in total. The first kappa shape index (κ1) is 15.0. The van der Waals surface area contributed by atoms with E-state index in [1.165, 1.54) is 0 Å². The first-order chi connectivity index (χ1) is 9.93. The normalized spacial score (nSPS) is 29.4. The van der Waals surface area contributed by atoms with E-state index in [-0.39, 0.29) is 6.61 Å². The predicted octanol–water partition coefficient (Wildman–Crippen LogP) is 1.26. The second-order valence-electron chi connectivity index (χ2n) is 5.01. The highest BCUT2D eigenvalue weighted by atomic mass is 35.5. The van der Waals surface area contributed by atoms with Gasteiger partial charge < -0.3 is 20.1 Å². The summed E-state index contributed by atoms with van der Waals surface area (Å²) in [4.78, 5) is 4.35. The third-order valence-corrected chi connectivity index (χ3v) is 4.40. The molecule has 21 heavy (non-hydrogen) atoms. The number of aliphatic hydroxyl groups is 3. The first-order valence-corrected chi connectivity index (χ1v) is 7.15. The second-order valence-corrected chi connectivity index (χ2v) is 5.83. The fourth-order valence-electron chi connectivity index (χ4n) is 2.63. The van der Waals surface area contributed by atoms with Gasteiger partial charge in [0.15, 0.2) is 6.23 Å². The van der Waals surface area contributed by atoms with Crippen LogP contribution in [0.2, 0.25) is 10.0 Å². The van der Waals surface area contributed by atoms with E-state index in [9.17, 15) is 15.3 Å². The van der Waals surface area contributed by atoms with Crippen LogP contribution in [0.1, 0.15) is 12.1 Å². The highest BCUT2D eigenvalue weighted by Gasteiger charge is 2.44. The van der Waals surface area contributed by atoms with Gasteiger partial charge in [-0.25, -0.2) is 4.98 Å². The Labute approximate surface area is 130 Å². The lowest BCUT2D eigenvalue weighted by molar-refractivity contribution is -0.0517. The molecule has 0 amide bonds. The fraction of sp³-hybridized carbons (Fsp3) is 0.462. The van der Waals surface area contributed by atoms with E-state index >= 15 is 0 Å². The van der Waals surface area contributed by atoms with Crippen LogP contribution in [-0.2, 0) is 4.74 Å². The quantitative estimate of drug-likeness (QED) is 0.770. The van der Waals surface area contributed by atoms with Gasteiger partial charge in [0, 0.05) is 0 Å². The molecule has 0 unspecified atom stereocenters. The van der Waals surface area contributed by atoms with Gasteiger partial charge in [-0.1, -0.05) is 23.2 Å². The standard InChI is InChI=1S/C13H14Cl2N2O4/c1-5-16-8-2-6(14)7(15)3-9(8)17(5)13-12(20)11(19)10(4-18)21-13/h2-3,10-13,18-20H,4H2,1H3/t10-,11+,12-,13-/m1/s1. The Bertz CT molecular complexity index is 690. The Morgan fingerprint density at radius 3 is 2.52 bits per heavy atom. The number of halogens is 2. The molecule has 6 nitrogen and oxygen atoms in total. The van der Waals surface area contributed by atoms with Crippen molar-refractivity contribution in [3.05, 3.63) is 28.0 Å². The molecule has 0 aliphatic carbocycles. The lowest BCUT2D eigenvalue weighted by atomic mass is 10.1. The number of hydrogen-bond donors (Lipinski definition) is 3. The van der Waals surface area contributed by atoms with Crippen LogP contribution in [0.5, 0.6) is 0 Å². The molecule has 3 rings (SSSR count). The maximum absolute atomic E-state index is 10.1. The summed E-state index contributed by atoms with van der Waals surface area (Å²) >= 11 is 12.0. The van der Waals surface area contributed by atoms with Gasteiger partial charge in [0.05, 0.1) is 27.7 Å². The molecule has 1 aromatic heterocycles. The SMILES string of the molecule is Cc1nc2cc(Cl)c(Cl)cc2n1[C@@H]1O[C@H](CO)[C@H](O)[C@H]1O. The molecule has 1 aliphatic heterocycles. The van der Waals surface area contributed by atoms with Crippen molar-refractivity contribution in [2.75, 3.05) is 6.61 Å². The van der Waals surface area contributed by atoms with Crippen molar-refractivity contribution in [1.29, 1.82) is 0 Å². The second kappa shape index (κ2) is 5.39. The Hall–Kier alpha value is -0.890. The lowest BCUT2D eigenvalue weighted by Crippen LogP contribution is -2.33. The van der Waals surface area contributed by atoms with Crippen molar-refractivity contribution in [3.63, 3.8) is 0 Å². The van der Waals surface area contributed by atoms with E-state index < -0.39 is 24.5 Å². The maximum atomic E-state index is 10.1. The zero-order valence-corrected chi connectivity index (χ0v) is 12.6. The zero-order chi connectivity index (χ0) is 15.3. The van der Waals surface area contributed by atoms with Crippen LogP contribution in [0, 0.1) is 6.92 Å². The van der Waals surface area contributed by atoms with Crippen LogP contribution in [0.4, 0.5) is 0 Å². The Balaban J connectivity index is 2.12. The number of aromatic nitrogens is 2. The summed E-state index contributed by atoms with van der Waals surface area (Å²) in [6.07, 6.45) is -4.03. The van der Waals surface area contributed by atoms with Gasteiger partial charge in [0.2, 0.25) is 0 Å². The minimum atomic E-state index is -1.17. The number of rotatable bonds is 2. The Morgan fingerprint density at radius 1 is 1.24 bits per heavy atom. The molecule has 1 fully saturated rings. The molecule has 1 aliphatic rings.